The fourth-order valence-corrected chi connectivity index (χ4v) is 3.93. The van der Waals surface area contributed by atoms with Gasteiger partial charge in [-0.05, 0) is 41.3 Å². The van der Waals surface area contributed by atoms with Crippen LogP contribution >= 0.6 is 11.3 Å². The molecule has 4 rings (SSSR count). The lowest BCUT2D eigenvalue weighted by Crippen LogP contribution is -2.34. The molecule has 3 aromatic rings. The molecule has 1 aliphatic rings. The molecule has 1 amide bonds. The Bertz CT molecular complexity index is 924. The first-order valence-corrected chi connectivity index (χ1v) is 9.92. The lowest BCUT2D eigenvalue weighted by atomic mass is 10.1. The molecular weight excluding hydrogens is 356 g/mol. The molecule has 0 N–H and O–H groups in total. The van der Waals surface area contributed by atoms with Gasteiger partial charge >= 0.3 is 0 Å². The molecule has 138 valence electrons. The lowest BCUT2D eigenvalue weighted by molar-refractivity contribution is 0.0751. The average Bonchev–Trinajstić information content (AvgIpc) is 3.17. The van der Waals surface area contributed by atoms with E-state index in [1.165, 1.54) is 16.1 Å². The summed E-state index contributed by atoms with van der Waals surface area (Å²) in [6.07, 6.45) is 0. The quantitative estimate of drug-likeness (QED) is 0.674. The zero-order valence-electron chi connectivity index (χ0n) is 15.3. The normalized spacial score (nSPS) is 13.8. The number of benzene rings is 2. The summed E-state index contributed by atoms with van der Waals surface area (Å²) in [5.41, 5.74) is 3.04. The zero-order valence-corrected chi connectivity index (χ0v) is 16.1. The Morgan fingerprint density at radius 2 is 1.96 bits per heavy atom. The zero-order chi connectivity index (χ0) is 18.6. The number of hydrogen-bond donors (Lipinski definition) is 0. The van der Waals surface area contributed by atoms with Gasteiger partial charge in [-0.15, -0.1) is 11.3 Å². The number of anilines is 1. The number of ether oxygens (including phenoxy) is 1. The molecule has 2 heterocycles. The van der Waals surface area contributed by atoms with Crippen LogP contribution in [-0.2, 0) is 13.2 Å². The van der Waals surface area contributed by atoms with Gasteiger partial charge in [0.25, 0.3) is 5.91 Å². The number of hydrogen-bond acceptors (Lipinski definition) is 4. The summed E-state index contributed by atoms with van der Waals surface area (Å²) in [7, 11) is 2.08. The van der Waals surface area contributed by atoms with Crippen molar-refractivity contribution in [2.24, 2.45) is 0 Å². The number of likely N-dealkylation sites (N-methyl/N-ethyl adjacent to an activating group) is 1. The Morgan fingerprint density at radius 1 is 1.07 bits per heavy atom. The van der Waals surface area contributed by atoms with Crippen LogP contribution in [0.4, 0.5) is 5.69 Å². The third kappa shape index (κ3) is 3.98. The second kappa shape index (κ2) is 7.84. The minimum Gasteiger partial charge on any atom is -0.488 e. The predicted molar refractivity (Wildman–Crippen MR) is 110 cm³/mol. The highest BCUT2D eigenvalue weighted by Crippen LogP contribution is 2.25. The fraction of sp³-hybridized carbons (Fsp3) is 0.227. The first kappa shape index (κ1) is 17.6. The van der Waals surface area contributed by atoms with Crippen LogP contribution in [0.15, 0.2) is 66.0 Å². The molecule has 0 saturated carbocycles. The maximum atomic E-state index is 13.1. The standard InChI is InChI=1S/C22H22N2O2S/c1-23-11-12-24(15-18-6-2-3-10-21(18)23)22(25)17-7-4-8-19(14-17)26-16-20-9-5-13-27-20/h2-10,13-14H,11-12,15-16H2,1H3. The van der Waals surface area contributed by atoms with Crippen LogP contribution in [0, 0.1) is 0 Å². The number of amides is 1. The second-order valence-corrected chi connectivity index (χ2v) is 7.71. The Balaban J connectivity index is 1.50. The number of rotatable bonds is 4. The van der Waals surface area contributed by atoms with E-state index in [0.717, 1.165) is 12.3 Å². The summed E-state index contributed by atoms with van der Waals surface area (Å²) in [5, 5.41) is 2.03. The van der Waals surface area contributed by atoms with Gasteiger partial charge in [0, 0.05) is 42.8 Å². The van der Waals surface area contributed by atoms with E-state index in [2.05, 4.69) is 24.1 Å². The van der Waals surface area contributed by atoms with Gasteiger partial charge in [-0.25, -0.2) is 0 Å². The number of carbonyl (C=O) groups excluding carboxylic acids is 1. The van der Waals surface area contributed by atoms with Gasteiger partial charge in [0.05, 0.1) is 0 Å². The van der Waals surface area contributed by atoms with Crippen LogP contribution in [0.25, 0.3) is 0 Å². The number of thiophene rings is 1. The van der Waals surface area contributed by atoms with Crippen molar-refractivity contribution in [1.82, 2.24) is 4.90 Å². The molecule has 5 heteroatoms. The van der Waals surface area contributed by atoms with Gasteiger partial charge < -0.3 is 14.5 Å². The molecule has 1 aliphatic heterocycles. The first-order chi connectivity index (χ1) is 13.2. The molecule has 0 fully saturated rings. The molecule has 0 saturated heterocycles. The highest BCUT2D eigenvalue weighted by molar-refractivity contribution is 7.09. The van der Waals surface area contributed by atoms with Crippen molar-refractivity contribution in [3.05, 3.63) is 82.0 Å². The summed E-state index contributed by atoms with van der Waals surface area (Å²) >= 11 is 1.67. The molecule has 0 aliphatic carbocycles. The molecule has 27 heavy (non-hydrogen) atoms. The highest BCUT2D eigenvalue weighted by Gasteiger charge is 2.22. The minimum absolute atomic E-state index is 0.0432. The monoisotopic (exact) mass is 378 g/mol. The van der Waals surface area contributed by atoms with Crippen molar-refractivity contribution < 1.29 is 9.53 Å². The smallest absolute Gasteiger partial charge is 0.254 e. The molecule has 0 unspecified atom stereocenters. The summed E-state index contributed by atoms with van der Waals surface area (Å²) in [4.78, 5) is 18.4. The van der Waals surface area contributed by atoms with E-state index in [0.29, 0.717) is 25.3 Å². The van der Waals surface area contributed by atoms with Crippen LogP contribution in [0.2, 0.25) is 0 Å². The fourth-order valence-electron chi connectivity index (χ4n) is 3.32. The molecule has 0 bridgehead atoms. The Labute approximate surface area is 163 Å². The van der Waals surface area contributed by atoms with Crippen LogP contribution in [0.5, 0.6) is 5.75 Å². The van der Waals surface area contributed by atoms with E-state index >= 15 is 0 Å². The van der Waals surface area contributed by atoms with Crippen molar-refractivity contribution in [1.29, 1.82) is 0 Å². The Hall–Kier alpha value is -2.79. The largest absolute Gasteiger partial charge is 0.488 e. The Morgan fingerprint density at radius 3 is 2.81 bits per heavy atom. The van der Waals surface area contributed by atoms with Gasteiger partial charge in [0.1, 0.15) is 12.4 Å². The number of fused-ring (bicyclic) bond motifs is 1. The van der Waals surface area contributed by atoms with Crippen molar-refractivity contribution in [2.75, 3.05) is 25.0 Å². The molecular formula is C22H22N2O2S. The summed E-state index contributed by atoms with van der Waals surface area (Å²) in [5.74, 6) is 0.767. The predicted octanol–water partition coefficient (Wildman–Crippen LogP) is 4.42. The summed E-state index contributed by atoms with van der Waals surface area (Å²) in [6, 6.07) is 19.8. The average molecular weight is 378 g/mol. The van der Waals surface area contributed by atoms with Crippen molar-refractivity contribution >= 4 is 22.9 Å². The molecule has 4 nitrogen and oxygen atoms in total. The van der Waals surface area contributed by atoms with E-state index in [4.69, 9.17) is 4.74 Å². The van der Waals surface area contributed by atoms with Crippen molar-refractivity contribution in [2.45, 2.75) is 13.2 Å². The first-order valence-electron chi connectivity index (χ1n) is 9.04. The van der Waals surface area contributed by atoms with Crippen molar-refractivity contribution in [3.63, 3.8) is 0 Å². The maximum Gasteiger partial charge on any atom is 0.254 e. The van der Waals surface area contributed by atoms with Crippen LogP contribution in [-0.4, -0.2) is 30.9 Å². The minimum atomic E-state index is 0.0432. The van der Waals surface area contributed by atoms with E-state index in [-0.39, 0.29) is 5.91 Å². The number of carbonyl (C=O) groups is 1. The van der Waals surface area contributed by atoms with E-state index in [9.17, 15) is 4.79 Å². The number of nitrogens with zero attached hydrogens (tertiary/aromatic N) is 2. The lowest BCUT2D eigenvalue weighted by Gasteiger charge is -2.21. The van der Waals surface area contributed by atoms with Crippen molar-refractivity contribution in [3.8, 4) is 5.75 Å². The SMILES string of the molecule is CN1CCN(C(=O)c2cccc(OCc3cccs3)c2)Cc2ccccc21. The number of para-hydroxylation sites is 1. The van der Waals surface area contributed by atoms with E-state index < -0.39 is 0 Å². The van der Waals surface area contributed by atoms with Gasteiger partial charge in [-0.2, -0.15) is 0 Å². The molecule has 0 atom stereocenters. The third-order valence-electron chi connectivity index (χ3n) is 4.80. The van der Waals surface area contributed by atoms with E-state index in [1.54, 1.807) is 11.3 Å². The maximum absolute atomic E-state index is 13.1. The molecule has 2 aromatic carbocycles. The molecule has 1 aromatic heterocycles. The van der Waals surface area contributed by atoms with Crippen LogP contribution < -0.4 is 9.64 Å². The third-order valence-corrected chi connectivity index (χ3v) is 5.65. The van der Waals surface area contributed by atoms with Crippen LogP contribution in [0.3, 0.4) is 0 Å². The van der Waals surface area contributed by atoms with Crippen LogP contribution in [0.1, 0.15) is 20.8 Å². The highest BCUT2D eigenvalue weighted by atomic mass is 32.1. The summed E-state index contributed by atoms with van der Waals surface area (Å²) in [6.45, 7) is 2.67. The summed E-state index contributed by atoms with van der Waals surface area (Å²) < 4.78 is 5.86. The van der Waals surface area contributed by atoms with Gasteiger partial charge in [0.15, 0.2) is 0 Å². The van der Waals surface area contributed by atoms with Gasteiger partial charge in [-0.1, -0.05) is 30.3 Å². The second-order valence-electron chi connectivity index (χ2n) is 6.67. The topological polar surface area (TPSA) is 32.8 Å². The molecule has 0 spiro atoms. The van der Waals surface area contributed by atoms with E-state index in [1.807, 2.05) is 58.8 Å². The molecule has 0 radical (unpaired) electrons. The van der Waals surface area contributed by atoms with Gasteiger partial charge in [-0.3, -0.25) is 4.79 Å². The van der Waals surface area contributed by atoms with Gasteiger partial charge in [0.2, 0.25) is 0 Å². The Kier molecular flexibility index (Phi) is 5.12.